The summed E-state index contributed by atoms with van der Waals surface area (Å²) >= 11 is 4.18. The maximum atomic E-state index is 4.18. The normalized spacial score (nSPS) is 10.4. The van der Waals surface area contributed by atoms with Gasteiger partial charge in [-0.2, -0.15) is 12.6 Å². The van der Waals surface area contributed by atoms with Gasteiger partial charge in [0.05, 0.1) is 0 Å². The summed E-state index contributed by atoms with van der Waals surface area (Å²) in [6, 6.07) is 8.31. The fourth-order valence-corrected chi connectivity index (χ4v) is 1.12. The average Bonchev–Trinajstić information content (AvgIpc) is 2.15. The molecule has 0 saturated heterocycles. The Kier molecular flexibility index (Phi) is 3.68. The van der Waals surface area contributed by atoms with Crippen molar-refractivity contribution in [2.24, 2.45) is 0 Å². The van der Waals surface area contributed by atoms with Crippen LogP contribution < -0.4 is 0 Å². The molecule has 0 aromatic heterocycles. The van der Waals surface area contributed by atoms with Gasteiger partial charge in [0.25, 0.3) is 0 Å². The molecule has 1 aromatic carbocycles. The van der Waals surface area contributed by atoms with E-state index < -0.39 is 0 Å². The highest BCUT2D eigenvalue weighted by atomic mass is 32.1. The molecule has 0 nitrogen and oxygen atoms in total. The maximum Gasteiger partial charge on any atom is 0.0154 e. The van der Waals surface area contributed by atoms with Crippen molar-refractivity contribution in [3.05, 3.63) is 54.1 Å². The second kappa shape index (κ2) is 4.83. The third-order valence-corrected chi connectivity index (χ3v) is 1.95. The van der Waals surface area contributed by atoms with Crippen molar-refractivity contribution >= 4 is 18.7 Å². The first-order chi connectivity index (χ1) is 5.86. The molecular formula is C11H12S. The Morgan fingerprint density at radius 1 is 1.25 bits per heavy atom. The van der Waals surface area contributed by atoms with Gasteiger partial charge in [0.15, 0.2) is 0 Å². The van der Waals surface area contributed by atoms with Crippen LogP contribution in [0.15, 0.2) is 43.0 Å². The van der Waals surface area contributed by atoms with Crippen LogP contribution in [0.4, 0.5) is 0 Å². The molecule has 0 bridgehead atoms. The molecule has 0 saturated carbocycles. The van der Waals surface area contributed by atoms with Crippen LogP contribution in [0.1, 0.15) is 11.1 Å². The molecule has 0 fully saturated rings. The van der Waals surface area contributed by atoms with Crippen LogP contribution in [-0.2, 0) is 5.75 Å². The average molecular weight is 176 g/mol. The fourth-order valence-electron chi connectivity index (χ4n) is 0.913. The van der Waals surface area contributed by atoms with Gasteiger partial charge < -0.3 is 0 Å². The number of benzene rings is 1. The van der Waals surface area contributed by atoms with E-state index in [0.29, 0.717) is 0 Å². The Balaban J connectivity index is 2.77. The van der Waals surface area contributed by atoms with Crippen LogP contribution in [0.2, 0.25) is 0 Å². The summed E-state index contributed by atoms with van der Waals surface area (Å²) in [5.74, 6) is 0.797. The maximum absolute atomic E-state index is 4.18. The van der Waals surface area contributed by atoms with Gasteiger partial charge in [-0.1, -0.05) is 49.1 Å². The van der Waals surface area contributed by atoms with Gasteiger partial charge >= 0.3 is 0 Å². The zero-order valence-electron chi connectivity index (χ0n) is 6.90. The third kappa shape index (κ3) is 2.59. The summed E-state index contributed by atoms with van der Waals surface area (Å²) in [6.07, 6.45) is 5.72. The van der Waals surface area contributed by atoms with E-state index >= 15 is 0 Å². The molecule has 0 N–H and O–H groups in total. The molecule has 0 amide bonds. The van der Waals surface area contributed by atoms with Gasteiger partial charge in [-0.3, -0.25) is 0 Å². The minimum atomic E-state index is 0.797. The number of allylic oxidation sites excluding steroid dienone is 2. The highest BCUT2D eigenvalue weighted by molar-refractivity contribution is 7.79. The molecule has 12 heavy (non-hydrogen) atoms. The molecular weight excluding hydrogens is 164 g/mol. The minimum absolute atomic E-state index is 0.797. The van der Waals surface area contributed by atoms with Gasteiger partial charge in [-0.05, 0) is 11.1 Å². The van der Waals surface area contributed by atoms with Crippen LogP contribution in [0.5, 0.6) is 0 Å². The van der Waals surface area contributed by atoms with Gasteiger partial charge in [-0.25, -0.2) is 0 Å². The summed E-state index contributed by atoms with van der Waals surface area (Å²) in [5, 5.41) is 0. The molecule has 0 unspecified atom stereocenters. The van der Waals surface area contributed by atoms with Crippen LogP contribution >= 0.6 is 12.6 Å². The Morgan fingerprint density at radius 2 is 1.92 bits per heavy atom. The van der Waals surface area contributed by atoms with E-state index in [4.69, 9.17) is 0 Å². The Bertz CT molecular complexity index is 270. The second-order valence-corrected chi connectivity index (χ2v) is 2.81. The summed E-state index contributed by atoms with van der Waals surface area (Å²) in [7, 11) is 0. The van der Waals surface area contributed by atoms with Crippen molar-refractivity contribution in [3.8, 4) is 0 Å². The first-order valence-corrected chi connectivity index (χ1v) is 4.49. The predicted molar refractivity (Wildman–Crippen MR) is 58.4 cm³/mol. The van der Waals surface area contributed by atoms with Crippen molar-refractivity contribution in [2.75, 3.05) is 0 Å². The quantitative estimate of drug-likeness (QED) is 0.530. The Labute approximate surface area is 79.0 Å². The molecule has 0 aliphatic rings. The summed E-state index contributed by atoms with van der Waals surface area (Å²) < 4.78 is 0. The zero-order chi connectivity index (χ0) is 8.81. The monoisotopic (exact) mass is 176 g/mol. The van der Waals surface area contributed by atoms with Gasteiger partial charge in [0.1, 0.15) is 0 Å². The van der Waals surface area contributed by atoms with Crippen molar-refractivity contribution in [1.82, 2.24) is 0 Å². The highest BCUT2D eigenvalue weighted by Gasteiger charge is 1.87. The lowest BCUT2D eigenvalue weighted by Crippen LogP contribution is -1.76. The number of rotatable bonds is 3. The smallest absolute Gasteiger partial charge is 0.0154 e. The molecule has 1 rings (SSSR count). The number of hydrogen-bond acceptors (Lipinski definition) is 1. The van der Waals surface area contributed by atoms with E-state index in [9.17, 15) is 0 Å². The van der Waals surface area contributed by atoms with Gasteiger partial charge in [0.2, 0.25) is 0 Å². The molecule has 1 aromatic rings. The van der Waals surface area contributed by atoms with Crippen LogP contribution in [-0.4, -0.2) is 0 Å². The zero-order valence-corrected chi connectivity index (χ0v) is 7.80. The minimum Gasteiger partial charge on any atom is -0.175 e. The van der Waals surface area contributed by atoms with E-state index in [1.165, 1.54) is 11.1 Å². The lowest BCUT2D eigenvalue weighted by Gasteiger charge is -1.95. The van der Waals surface area contributed by atoms with E-state index in [-0.39, 0.29) is 0 Å². The Hall–Kier alpha value is -0.950. The predicted octanol–water partition coefficient (Wildman–Crippen LogP) is 3.32. The largest absolute Gasteiger partial charge is 0.175 e. The van der Waals surface area contributed by atoms with E-state index in [0.717, 1.165) is 5.75 Å². The summed E-state index contributed by atoms with van der Waals surface area (Å²) in [6.45, 7) is 3.61. The molecule has 0 spiro atoms. The number of hydrogen-bond donors (Lipinski definition) is 1. The first kappa shape index (κ1) is 9.14. The summed E-state index contributed by atoms with van der Waals surface area (Å²) in [4.78, 5) is 0. The van der Waals surface area contributed by atoms with E-state index in [2.05, 4.69) is 43.5 Å². The molecule has 0 aliphatic carbocycles. The highest BCUT2D eigenvalue weighted by Crippen LogP contribution is 2.07. The SMILES string of the molecule is C=CC=Cc1ccc(CS)cc1. The van der Waals surface area contributed by atoms with Gasteiger partial charge in [-0.15, -0.1) is 0 Å². The van der Waals surface area contributed by atoms with Crippen LogP contribution in [0, 0.1) is 0 Å². The lowest BCUT2D eigenvalue weighted by atomic mass is 10.1. The lowest BCUT2D eigenvalue weighted by molar-refractivity contribution is 1.42. The molecule has 62 valence electrons. The van der Waals surface area contributed by atoms with Crippen molar-refractivity contribution in [3.63, 3.8) is 0 Å². The first-order valence-electron chi connectivity index (χ1n) is 3.85. The van der Waals surface area contributed by atoms with Crippen LogP contribution in [0.25, 0.3) is 6.08 Å². The van der Waals surface area contributed by atoms with Crippen molar-refractivity contribution in [2.45, 2.75) is 5.75 Å². The molecule has 0 radical (unpaired) electrons. The number of thiol groups is 1. The molecule has 1 heteroatoms. The van der Waals surface area contributed by atoms with Crippen molar-refractivity contribution < 1.29 is 0 Å². The third-order valence-electron chi connectivity index (χ3n) is 1.59. The standard InChI is InChI=1S/C11H12S/c1-2-3-4-10-5-7-11(9-12)8-6-10/h2-8,12H,1,9H2. The summed E-state index contributed by atoms with van der Waals surface area (Å²) in [5.41, 5.74) is 2.44. The molecule has 0 heterocycles. The second-order valence-electron chi connectivity index (χ2n) is 2.49. The van der Waals surface area contributed by atoms with E-state index in [1.54, 1.807) is 6.08 Å². The van der Waals surface area contributed by atoms with Crippen molar-refractivity contribution in [1.29, 1.82) is 0 Å². The molecule has 0 aliphatic heterocycles. The topological polar surface area (TPSA) is 0 Å². The van der Waals surface area contributed by atoms with Gasteiger partial charge in [0, 0.05) is 5.75 Å². The fraction of sp³-hybridized carbons (Fsp3) is 0.0909. The molecule has 0 atom stereocenters. The Morgan fingerprint density at radius 3 is 2.42 bits per heavy atom. The van der Waals surface area contributed by atoms with E-state index in [1.807, 2.05) is 12.2 Å². The van der Waals surface area contributed by atoms with Crippen LogP contribution in [0.3, 0.4) is 0 Å².